The molecule has 6 nitrogen and oxygen atoms in total. The van der Waals surface area contributed by atoms with Gasteiger partial charge in [-0.05, 0) is 91.4 Å². The van der Waals surface area contributed by atoms with Crippen LogP contribution in [-0.2, 0) is 23.0 Å². The van der Waals surface area contributed by atoms with Gasteiger partial charge in [0, 0.05) is 12.1 Å². The maximum atomic E-state index is 13.2. The Morgan fingerprint density at radius 2 is 1.64 bits per heavy atom. The molecule has 0 saturated carbocycles. The molecule has 0 radical (unpaired) electrons. The van der Waals surface area contributed by atoms with Crippen LogP contribution >= 0.6 is 0 Å². The number of aryl methyl sites for hydroxylation is 1. The molecule has 1 heterocycles. The number of hydrogen-bond acceptors (Lipinski definition) is 6. The lowest BCUT2D eigenvalue weighted by molar-refractivity contribution is -0.0500. The monoisotopic (exact) mass is 561 g/mol. The zero-order valence-corrected chi connectivity index (χ0v) is 22.4. The predicted molar refractivity (Wildman–Crippen MR) is 142 cm³/mol. The van der Waals surface area contributed by atoms with Gasteiger partial charge in [-0.25, -0.2) is 0 Å². The van der Waals surface area contributed by atoms with Gasteiger partial charge in [0.25, 0.3) is 0 Å². The van der Waals surface area contributed by atoms with Crippen LogP contribution in [0.4, 0.5) is 13.2 Å². The molecule has 0 aromatic heterocycles. The van der Waals surface area contributed by atoms with Gasteiger partial charge < -0.3 is 13.7 Å². The SMILES string of the molecule is CCc1cccc2c1Cc1ccc(OS(=O)(=O)C(F)(F)F)c(Oc3ccc(OCCN4CCCCC4)cc3)c1-2. The minimum absolute atomic E-state index is 0.0777. The number of likely N-dealkylation sites (tertiary alicyclic amines) is 1. The molecule has 10 heteroatoms. The summed E-state index contributed by atoms with van der Waals surface area (Å²) in [6.07, 6.45) is 5.01. The van der Waals surface area contributed by atoms with E-state index in [1.54, 1.807) is 30.3 Å². The summed E-state index contributed by atoms with van der Waals surface area (Å²) in [5.74, 6) is 0.335. The molecule has 0 bridgehead atoms. The fraction of sp³-hybridized carbons (Fsp3) is 0.379. The summed E-state index contributed by atoms with van der Waals surface area (Å²) in [6.45, 7) is 5.55. The van der Waals surface area contributed by atoms with Gasteiger partial charge in [0.05, 0.1) is 0 Å². The molecule has 1 fully saturated rings. The van der Waals surface area contributed by atoms with E-state index < -0.39 is 21.4 Å². The van der Waals surface area contributed by atoms with E-state index in [1.807, 2.05) is 25.1 Å². The van der Waals surface area contributed by atoms with E-state index in [4.69, 9.17) is 9.47 Å². The molecular formula is C29H30F3NO5S. The van der Waals surface area contributed by atoms with Crippen molar-refractivity contribution < 1.29 is 35.2 Å². The molecule has 0 N–H and O–H groups in total. The van der Waals surface area contributed by atoms with Gasteiger partial charge >= 0.3 is 15.6 Å². The van der Waals surface area contributed by atoms with Gasteiger partial charge in [-0.2, -0.15) is 21.6 Å². The number of halogens is 3. The summed E-state index contributed by atoms with van der Waals surface area (Å²) in [5, 5.41) is 0. The van der Waals surface area contributed by atoms with Gasteiger partial charge in [-0.15, -0.1) is 0 Å². The van der Waals surface area contributed by atoms with Crippen molar-refractivity contribution in [1.29, 1.82) is 0 Å². The van der Waals surface area contributed by atoms with Gasteiger partial charge in [0.1, 0.15) is 18.1 Å². The highest BCUT2D eigenvalue weighted by atomic mass is 32.2. The number of ether oxygens (including phenoxy) is 2. The van der Waals surface area contributed by atoms with Crippen LogP contribution in [0, 0.1) is 0 Å². The number of benzene rings is 3. The Morgan fingerprint density at radius 3 is 2.33 bits per heavy atom. The van der Waals surface area contributed by atoms with Crippen LogP contribution in [0.15, 0.2) is 54.6 Å². The normalized spacial score (nSPS) is 15.5. The second-order valence-corrected chi connectivity index (χ2v) is 11.2. The molecule has 0 unspecified atom stereocenters. The highest BCUT2D eigenvalue weighted by Crippen LogP contribution is 2.50. The zero-order valence-electron chi connectivity index (χ0n) is 21.6. The van der Waals surface area contributed by atoms with E-state index in [9.17, 15) is 21.6 Å². The van der Waals surface area contributed by atoms with Crippen LogP contribution in [0.5, 0.6) is 23.0 Å². The predicted octanol–water partition coefficient (Wildman–Crippen LogP) is 6.71. The van der Waals surface area contributed by atoms with Gasteiger partial charge in [0.2, 0.25) is 0 Å². The quantitative estimate of drug-likeness (QED) is 0.167. The Hall–Kier alpha value is -3.24. The van der Waals surface area contributed by atoms with Crippen LogP contribution < -0.4 is 13.7 Å². The highest BCUT2D eigenvalue weighted by Gasteiger charge is 2.49. The molecule has 208 valence electrons. The van der Waals surface area contributed by atoms with E-state index in [-0.39, 0.29) is 5.75 Å². The minimum Gasteiger partial charge on any atom is -0.492 e. The summed E-state index contributed by atoms with van der Waals surface area (Å²) in [4.78, 5) is 2.37. The second-order valence-electron chi connectivity index (χ2n) is 9.71. The van der Waals surface area contributed by atoms with E-state index in [2.05, 4.69) is 9.08 Å². The molecular weight excluding hydrogens is 531 g/mol. The lowest BCUT2D eigenvalue weighted by Gasteiger charge is -2.26. The van der Waals surface area contributed by atoms with Crippen LogP contribution in [0.25, 0.3) is 11.1 Å². The standard InChI is InChI=1S/C29H30F3NO5S/c1-2-20-7-6-8-24-25(20)19-21-9-14-26(38-39(34,35)29(30,31)32)28(27(21)24)37-23-12-10-22(11-13-23)36-18-17-33-15-4-3-5-16-33/h6-14H,2-5,15-19H2,1H3. The van der Waals surface area contributed by atoms with Crippen molar-refractivity contribution in [3.8, 4) is 34.1 Å². The summed E-state index contributed by atoms with van der Waals surface area (Å²) in [5.41, 5.74) is -1.32. The number of fused-ring (bicyclic) bond motifs is 3. The van der Waals surface area contributed by atoms with E-state index >= 15 is 0 Å². The molecule has 1 aliphatic carbocycles. The van der Waals surface area contributed by atoms with E-state index in [0.717, 1.165) is 48.3 Å². The van der Waals surface area contributed by atoms with Crippen molar-refractivity contribution in [1.82, 2.24) is 4.90 Å². The van der Waals surface area contributed by atoms with Crippen molar-refractivity contribution >= 4 is 10.1 Å². The minimum atomic E-state index is -5.90. The van der Waals surface area contributed by atoms with Gasteiger partial charge in [-0.1, -0.05) is 37.6 Å². The lowest BCUT2D eigenvalue weighted by Crippen LogP contribution is -2.33. The average Bonchev–Trinajstić information content (AvgIpc) is 3.30. The third-order valence-electron chi connectivity index (χ3n) is 7.15. The van der Waals surface area contributed by atoms with Crippen LogP contribution in [0.2, 0.25) is 0 Å². The fourth-order valence-corrected chi connectivity index (χ4v) is 5.64. The van der Waals surface area contributed by atoms with Gasteiger partial charge in [0.15, 0.2) is 11.5 Å². The second kappa shape index (κ2) is 11.1. The first-order valence-corrected chi connectivity index (χ1v) is 14.5. The van der Waals surface area contributed by atoms with Crippen molar-refractivity contribution in [2.24, 2.45) is 0 Å². The highest BCUT2D eigenvalue weighted by molar-refractivity contribution is 7.88. The third kappa shape index (κ3) is 5.86. The molecule has 3 aromatic rings. The molecule has 3 aromatic carbocycles. The van der Waals surface area contributed by atoms with Crippen molar-refractivity contribution in [3.63, 3.8) is 0 Å². The lowest BCUT2D eigenvalue weighted by atomic mass is 9.99. The van der Waals surface area contributed by atoms with Gasteiger partial charge in [-0.3, -0.25) is 4.90 Å². The Balaban J connectivity index is 1.43. The first kappa shape index (κ1) is 27.3. The van der Waals surface area contributed by atoms with Crippen molar-refractivity contribution in [2.75, 3.05) is 26.2 Å². The van der Waals surface area contributed by atoms with E-state index in [1.165, 1.54) is 25.3 Å². The molecule has 5 rings (SSSR count). The first-order valence-electron chi connectivity index (χ1n) is 13.1. The topological polar surface area (TPSA) is 65.1 Å². The molecule has 1 aliphatic heterocycles. The molecule has 0 spiro atoms. The number of hydrogen-bond donors (Lipinski definition) is 0. The van der Waals surface area contributed by atoms with Crippen LogP contribution in [0.3, 0.4) is 0 Å². The summed E-state index contributed by atoms with van der Waals surface area (Å²) >= 11 is 0. The van der Waals surface area contributed by atoms with Crippen molar-refractivity contribution in [2.45, 2.75) is 44.5 Å². The number of nitrogens with zero attached hydrogens (tertiary/aromatic N) is 1. The maximum absolute atomic E-state index is 13.2. The Morgan fingerprint density at radius 1 is 0.923 bits per heavy atom. The molecule has 0 atom stereocenters. The Kier molecular flexibility index (Phi) is 7.77. The number of piperidine rings is 1. The molecule has 1 saturated heterocycles. The first-order chi connectivity index (χ1) is 18.7. The number of alkyl halides is 3. The van der Waals surface area contributed by atoms with Crippen LogP contribution in [0.1, 0.15) is 42.9 Å². The number of rotatable bonds is 9. The van der Waals surface area contributed by atoms with Crippen LogP contribution in [-0.4, -0.2) is 45.1 Å². The summed E-state index contributed by atoms with van der Waals surface area (Å²) in [7, 11) is -5.90. The fourth-order valence-electron chi connectivity index (χ4n) is 5.18. The average molecular weight is 562 g/mol. The van der Waals surface area contributed by atoms with E-state index in [0.29, 0.717) is 30.1 Å². The smallest absolute Gasteiger partial charge is 0.492 e. The maximum Gasteiger partial charge on any atom is 0.534 e. The molecule has 39 heavy (non-hydrogen) atoms. The summed E-state index contributed by atoms with van der Waals surface area (Å²) in [6, 6.07) is 15.2. The third-order valence-corrected chi connectivity index (χ3v) is 8.12. The Labute approximate surface area is 226 Å². The molecule has 2 aliphatic rings. The zero-order chi connectivity index (χ0) is 27.6. The van der Waals surface area contributed by atoms with Crippen molar-refractivity contribution in [3.05, 3.63) is 71.3 Å². The largest absolute Gasteiger partial charge is 0.534 e. The molecule has 0 amide bonds. The Bertz CT molecular complexity index is 1430. The summed E-state index contributed by atoms with van der Waals surface area (Å²) < 4.78 is 79.9.